The summed E-state index contributed by atoms with van der Waals surface area (Å²) in [6, 6.07) is 6.54. The Hall–Kier alpha value is -1.49. The number of aromatic nitrogens is 2. The molecule has 2 rings (SSSR count). The predicted molar refractivity (Wildman–Crippen MR) is 69.1 cm³/mol. The second-order valence-corrected chi connectivity index (χ2v) is 4.10. The molecule has 0 amide bonds. The second-order valence-electron chi connectivity index (χ2n) is 3.54. The normalized spacial score (nSPS) is 10.3. The van der Waals surface area contributed by atoms with Crippen molar-refractivity contribution in [3.8, 4) is 0 Å². The van der Waals surface area contributed by atoms with Crippen molar-refractivity contribution in [2.45, 2.75) is 5.33 Å². The van der Waals surface area contributed by atoms with Crippen molar-refractivity contribution in [2.75, 3.05) is 11.9 Å². The highest BCUT2D eigenvalue weighted by atomic mass is 79.9. The number of alkyl halides is 1. The molecular weight excluding hydrogens is 285 g/mol. The molecule has 0 radical (unpaired) electrons. The van der Waals surface area contributed by atoms with Gasteiger partial charge in [0.05, 0.1) is 5.69 Å². The molecule has 17 heavy (non-hydrogen) atoms. The molecule has 1 aromatic carbocycles. The van der Waals surface area contributed by atoms with Crippen LogP contribution in [0.2, 0.25) is 0 Å². The Balaban J connectivity index is 2.30. The lowest BCUT2D eigenvalue weighted by Gasteiger charge is -2.17. The van der Waals surface area contributed by atoms with E-state index in [1.165, 1.54) is 6.07 Å². The number of hydrogen-bond donors (Lipinski definition) is 0. The van der Waals surface area contributed by atoms with Gasteiger partial charge in [0.1, 0.15) is 5.82 Å². The van der Waals surface area contributed by atoms with Gasteiger partial charge in [-0.3, -0.25) is 0 Å². The maximum absolute atomic E-state index is 13.6. The summed E-state index contributed by atoms with van der Waals surface area (Å²) in [5, 5.41) is 0.705. The quantitative estimate of drug-likeness (QED) is 0.814. The lowest BCUT2D eigenvalue weighted by Crippen LogP contribution is -2.14. The van der Waals surface area contributed by atoms with Crippen LogP contribution < -0.4 is 4.90 Å². The highest BCUT2D eigenvalue weighted by molar-refractivity contribution is 9.08. The molecule has 0 saturated heterocycles. The SMILES string of the molecule is CN(c1ncc(CBr)cn1)c1ccccc1F. The van der Waals surface area contributed by atoms with Crippen LogP contribution >= 0.6 is 15.9 Å². The van der Waals surface area contributed by atoms with E-state index in [-0.39, 0.29) is 5.82 Å². The van der Waals surface area contributed by atoms with Crippen LogP contribution in [0, 0.1) is 5.82 Å². The largest absolute Gasteiger partial charge is 0.311 e. The Morgan fingerprint density at radius 2 is 1.88 bits per heavy atom. The topological polar surface area (TPSA) is 29.0 Å². The smallest absolute Gasteiger partial charge is 0.229 e. The average molecular weight is 296 g/mol. The minimum atomic E-state index is -0.289. The first-order valence-electron chi connectivity index (χ1n) is 5.07. The first kappa shape index (κ1) is 12.0. The summed E-state index contributed by atoms with van der Waals surface area (Å²) < 4.78 is 13.6. The van der Waals surface area contributed by atoms with Crippen LogP contribution in [0.5, 0.6) is 0 Å². The van der Waals surface area contributed by atoms with Crippen molar-refractivity contribution in [1.29, 1.82) is 0 Å². The van der Waals surface area contributed by atoms with Gasteiger partial charge in [0.2, 0.25) is 5.95 Å². The maximum Gasteiger partial charge on any atom is 0.229 e. The van der Waals surface area contributed by atoms with E-state index in [1.54, 1.807) is 42.5 Å². The van der Waals surface area contributed by atoms with Gasteiger partial charge < -0.3 is 4.90 Å². The second kappa shape index (κ2) is 5.23. The fourth-order valence-electron chi connectivity index (χ4n) is 1.42. The molecule has 0 aliphatic rings. The molecule has 2 aromatic rings. The summed E-state index contributed by atoms with van der Waals surface area (Å²) in [6.45, 7) is 0. The predicted octanol–water partition coefficient (Wildman–Crippen LogP) is 3.28. The third kappa shape index (κ3) is 2.61. The van der Waals surface area contributed by atoms with Crippen LogP contribution in [0.1, 0.15) is 5.56 Å². The molecule has 0 N–H and O–H groups in total. The fraction of sp³-hybridized carbons (Fsp3) is 0.167. The molecular formula is C12H11BrFN3. The summed E-state index contributed by atoms with van der Waals surface area (Å²) in [6.07, 6.45) is 3.43. The number of halogens is 2. The van der Waals surface area contributed by atoms with E-state index in [1.807, 2.05) is 0 Å². The van der Waals surface area contributed by atoms with Crippen LogP contribution in [-0.4, -0.2) is 17.0 Å². The van der Waals surface area contributed by atoms with Gasteiger partial charge in [-0.1, -0.05) is 28.1 Å². The van der Waals surface area contributed by atoms with Crippen molar-refractivity contribution in [2.24, 2.45) is 0 Å². The van der Waals surface area contributed by atoms with Crippen LogP contribution in [0.3, 0.4) is 0 Å². The molecule has 88 valence electrons. The minimum Gasteiger partial charge on any atom is -0.311 e. The third-order valence-electron chi connectivity index (χ3n) is 2.36. The number of benzene rings is 1. The summed E-state index contributed by atoms with van der Waals surface area (Å²) in [5.41, 5.74) is 1.44. The van der Waals surface area contributed by atoms with E-state index in [9.17, 15) is 4.39 Å². The molecule has 3 nitrogen and oxygen atoms in total. The van der Waals surface area contributed by atoms with Crippen LogP contribution in [0.15, 0.2) is 36.7 Å². The van der Waals surface area contributed by atoms with Gasteiger partial charge in [0.25, 0.3) is 0 Å². The molecule has 0 aliphatic heterocycles. The Morgan fingerprint density at radius 3 is 2.47 bits per heavy atom. The molecule has 1 aromatic heterocycles. The van der Waals surface area contributed by atoms with Crippen molar-refractivity contribution >= 4 is 27.6 Å². The number of para-hydroxylation sites is 1. The number of anilines is 2. The van der Waals surface area contributed by atoms with Crippen LogP contribution in [0.4, 0.5) is 16.0 Å². The number of nitrogens with zero attached hydrogens (tertiary/aromatic N) is 3. The van der Waals surface area contributed by atoms with E-state index in [2.05, 4.69) is 25.9 Å². The zero-order valence-electron chi connectivity index (χ0n) is 9.27. The van der Waals surface area contributed by atoms with E-state index in [0.717, 1.165) is 5.56 Å². The van der Waals surface area contributed by atoms with Crippen molar-refractivity contribution in [3.63, 3.8) is 0 Å². The monoisotopic (exact) mass is 295 g/mol. The van der Waals surface area contributed by atoms with E-state index < -0.39 is 0 Å². The van der Waals surface area contributed by atoms with Crippen molar-refractivity contribution < 1.29 is 4.39 Å². The Morgan fingerprint density at radius 1 is 1.24 bits per heavy atom. The summed E-state index contributed by atoms with van der Waals surface area (Å²) in [5.74, 6) is 0.183. The molecule has 0 saturated carbocycles. The highest BCUT2D eigenvalue weighted by Crippen LogP contribution is 2.22. The van der Waals surface area contributed by atoms with E-state index in [4.69, 9.17) is 0 Å². The van der Waals surface area contributed by atoms with E-state index in [0.29, 0.717) is 17.0 Å². The van der Waals surface area contributed by atoms with Gasteiger partial charge in [0.15, 0.2) is 0 Å². The summed E-state index contributed by atoms with van der Waals surface area (Å²) >= 11 is 3.32. The van der Waals surface area contributed by atoms with Crippen molar-refractivity contribution in [1.82, 2.24) is 9.97 Å². The maximum atomic E-state index is 13.6. The summed E-state index contributed by atoms with van der Waals surface area (Å²) in [4.78, 5) is 9.99. The number of hydrogen-bond acceptors (Lipinski definition) is 3. The molecule has 5 heteroatoms. The molecule has 1 heterocycles. The lowest BCUT2D eigenvalue weighted by molar-refractivity contribution is 0.627. The average Bonchev–Trinajstić information content (AvgIpc) is 2.39. The fourth-order valence-corrected chi connectivity index (χ4v) is 1.71. The molecule has 0 spiro atoms. The van der Waals surface area contributed by atoms with Gasteiger partial charge in [0, 0.05) is 24.8 Å². The third-order valence-corrected chi connectivity index (χ3v) is 3.01. The molecule has 0 bridgehead atoms. The lowest BCUT2D eigenvalue weighted by atomic mass is 10.3. The van der Waals surface area contributed by atoms with Crippen molar-refractivity contribution in [3.05, 3.63) is 48.0 Å². The summed E-state index contributed by atoms with van der Waals surface area (Å²) in [7, 11) is 1.74. The number of rotatable bonds is 3. The molecule has 0 unspecified atom stereocenters. The molecule has 0 aliphatic carbocycles. The van der Waals surface area contributed by atoms with Gasteiger partial charge in [-0.25, -0.2) is 14.4 Å². The highest BCUT2D eigenvalue weighted by Gasteiger charge is 2.10. The van der Waals surface area contributed by atoms with E-state index >= 15 is 0 Å². The minimum absolute atomic E-state index is 0.289. The van der Waals surface area contributed by atoms with Crippen LogP contribution in [-0.2, 0) is 5.33 Å². The Kier molecular flexibility index (Phi) is 3.68. The van der Waals surface area contributed by atoms with Gasteiger partial charge in [-0.2, -0.15) is 0 Å². The molecule has 0 atom stereocenters. The standard InChI is InChI=1S/C12H11BrFN3/c1-17(11-5-3-2-4-10(11)14)12-15-7-9(6-13)8-16-12/h2-5,7-8H,6H2,1H3. The Bertz CT molecular complexity index is 501. The van der Waals surface area contributed by atoms with Gasteiger partial charge in [-0.15, -0.1) is 0 Å². The zero-order valence-corrected chi connectivity index (χ0v) is 10.9. The Labute approximate surface area is 107 Å². The van der Waals surface area contributed by atoms with Gasteiger partial charge in [-0.05, 0) is 17.7 Å². The molecule has 0 fully saturated rings. The first-order valence-corrected chi connectivity index (χ1v) is 6.19. The van der Waals surface area contributed by atoms with Crippen LogP contribution in [0.25, 0.3) is 0 Å². The van der Waals surface area contributed by atoms with Gasteiger partial charge >= 0.3 is 0 Å². The first-order chi connectivity index (χ1) is 8.22. The zero-order chi connectivity index (χ0) is 12.3.